The van der Waals surface area contributed by atoms with E-state index >= 15 is 0 Å². The highest BCUT2D eigenvalue weighted by molar-refractivity contribution is 7.12. The van der Waals surface area contributed by atoms with Crippen LogP contribution in [0.3, 0.4) is 0 Å². The van der Waals surface area contributed by atoms with Crippen molar-refractivity contribution in [3.63, 3.8) is 0 Å². The fourth-order valence-corrected chi connectivity index (χ4v) is 2.97. The van der Waals surface area contributed by atoms with Gasteiger partial charge < -0.3 is 5.11 Å². The van der Waals surface area contributed by atoms with Crippen molar-refractivity contribution in [3.8, 4) is 0 Å². The van der Waals surface area contributed by atoms with Crippen LogP contribution < -0.4 is 0 Å². The molecule has 1 aliphatic rings. The molecule has 0 unspecified atom stereocenters. The summed E-state index contributed by atoms with van der Waals surface area (Å²) in [6.45, 7) is 0. The number of carboxylic acid groups (broad SMARTS) is 1. The highest BCUT2D eigenvalue weighted by Gasteiger charge is 2.18. The van der Waals surface area contributed by atoms with Gasteiger partial charge in [-0.2, -0.15) is 0 Å². The lowest BCUT2D eigenvalue weighted by molar-refractivity contribution is -0.148. The van der Waals surface area contributed by atoms with Crippen molar-refractivity contribution in [1.82, 2.24) is 0 Å². The van der Waals surface area contributed by atoms with E-state index in [9.17, 15) is 9.59 Å². The molecule has 1 aromatic rings. The largest absolute Gasteiger partial charge is 0.475 e. The van der Waals surface area contributed by atoms with Crippen LogP contribution in [0.25, 0.3) is 0 Å². The number of fused-ring (bicyclic) bond motifs is 1. The Kier molecular flexibility index (Phi) is 2.37. The van der Waals surface area contributed by atoms with Crippen LogP contribution >= 0.6 is 11.3 Å². The standard InChI is InChI=1S/C10H10O3S/c11-8(10(12)13)5-7-4-6-2-1-3-9(6)14-7/h4H,1-3,5H2,(H,12,13). The normalized spacial score (nSPS) is 14.0. The molecule has 0 fully saturated rings. The number of hydrogen-bond acceptors (Lipinski definition) is 3. The Labute approximate surface area is 85.4 Å². The van der Waals surface area contributed by atoms with Crippen molar-refractivity contribution in [2.75, 3.05) is 0 Å². The van der Waals surface area contributed by atoms with Gasteiger partial charge in [-0.05, 0) is 30.9 Å². The molecular formula is C10H10O3S. The number of thiophene rings is 1. The number of rotatable bonds is 3. The molecule has 0 aliphatic heterocycles. The number of ketones is 1. The number of aryl methyl sites for hydroxylation is 2. The van der Waals surface area contributed by atoms with Crippen LogP contribution in [0.2, 0.25) is 0 Å². The Balaban J connectivity index is 2.11. The molecule has 0 bridgehead atoms. The molecule has 74 valence electrons. The summed E-state index contributed by atoms with van der Waals surface area (Å²) in [5, 5.41) is 8.45. The van der Waals surface area contributed by atoms with E-state index in [1.807, 2.05) is 6.07 Å². The Morgan fingerprint density at radius 3 is 2.86 bits per heavy atom. The Morgan fingerprint density at radius 2 is 2.21 bits per heavy atom. The highest BCUT2D eigenvalue weighted by Crippen LogP contribution is 2.30. The monoisotopic (exact) mass is 210 g/mol. The van der Waals surface area contributed by atoms with Gasteiger partial charge in [0.25, 0.3) is 0 Å². The van der Waals surface area contributed by atoms with Gasteiger partial charge in [0.05, 0.1) is 6.42 Å². The smallest absolute Gasteiger partial charge is 0.372 e. The van der Waals surface area contributed by atoms with E-state index in [-0.39, 0.29) is 6.42 Å². The average molecular weight is 210 g/mol. The summed E-state index contributed by atoms with van der Waals surface area (Å²) in [5.41, 5.74) is 1.31. The number of Topliss-reactive ketones (excluding diaryl/α,β-unsaturated/α-hetero) is 1. The van der Waals surface area contributed by atoms with Crippen molar-refractivity contribution in [3.05, 3.63) is 21.4 Å². The fraction of sp³-hybridized carbons (Fsp3) is 0.400. The summed E-state index contributed by atoms with van der Waals surface area (Å²) < 4.78 is 0. The maximum Gasteiger partial charge on any atom is 0.372 e. The molecule has 0 saturated heterocycles. The van der Waals surface area contributed by atoms with Gasteiger partial charge in [0, 0.05) is 9.75 Å². The molecule has 1 aliphatic carbocycles. The first kappa shape index (κ1) is 9.40. The first-order valence-corrected chi connectivity index (χ1v) is 5.35. The lowest BCUT2D eigenvalue weighted by atomic mass is 10.2. The molecule has 1 heterocycles. The van der Waals surface area contributed by atoms with Crippen molar-refractivity contribution in [1.29, 1.82) is 0 Å². The molecule has 0 atom stereocenters. The predicted molar refractivity (Wildman–Crippen MR) is 52.7 cm³/mol. The third kappa shape index (κ3) is 1.70. The second-order valence-corrected chi connectivity index (χ2v) is 4.64. The van der Waals surface area contributed by atoms with Gasteiger partial charge in [-0.3, -0.25) is 4.79 Å². The minimum atomic E-state index is -1.33. The first-order valence-electron chi connectivity index (χ1n) is 4.53. The second kappa shape index (κ2) is 3.53. The highest BCUT2D eigenvalue weighted by atomic mass is 32.1. The molecule has 2 rings (SSSR count). The quantitative estimate of drug-likeness (QED) is 0.768. The maximum atomic E-state index is 10.9. The van der Waals surface area contributed by atoms with Gasteiger partial charge in [0.2, 0.25) is 5.78 Å². The van der Waals surface area contributed by atoms with Gasteiger partial charge in [-0.15, -0.1) is 11.3 Å². The van der Waals surface area contributed by atoms with Crippen molar-refractivity contribution in [2.24, 2.45) is 0 Å². The van der Waals surface area contributed by atoms with Crippen LogP contribution in [-0.4, -0.2) is 16.9 Å². The van der Waals surface area contributed by atoms with Gasteiger partial charge in [0.15, 0.2) is 0 Å². The third-order valence-corrected chi connectivity index (χ3v) is 3.61. The zero-order valence-electron chi connectivity index (χ0n) is 7.58. The first-order chi connectivity index (χ1) is 6.66. The van der Waals surface area contributed by atoms with E-state index in [2.05, 4.69) is 0 Å². The number of carbonyl (C=O) groups excluding carboxylic acids is 1. The van der Waals surface area contributed by atoms with E-state index < -0.39 is 11.8 Å². The summed E-state index contributed by atoms with van der Waals surface area (Å²) >= 11 is 1.58. The summed E-state index contributed by atoms with van der Waals surface area (Å²) in [6, 6.07) is 1.98. The number of carbonyl (C=O) groups is 2. The predicted octanol–water partition coefficient (Wildman–Crippen LogP) is 1.43. The molecule has 0 amide bonds. The molecule has 14 heavy (non-hydrogen) atoms. The van der Waals surface area contributed by atoms with Crippen LogP contribution in [0.4, 0.5) is 0 Å². The molecular weight excluding hydrogens is 200 g/mol. The van der Waals surface area contributed by atoms with E-state index in [0.717, 1.165) is 17.7 Å². The zero-order chi connectivity index (χ0) is 10.1. The van der Waals surface area contributed by atoms with Gasteiger partial charge in [-0.25, -0.2) is 4.79 Å². The molecule has 4 heteroatoms. The fourth-order valence-electron chi connectivity index (χ4n) is 1.71. The topological polar surface area (TPSA) is 54.4 Å². The SMILES string of the molecule is O=C(O)C(=O)Cc1cc2c(s1)CCC2. The summed E-state index contributed by atoms with van der Waals surface area (Å²) in [7, 11) is 0. The maximum absolute atomic E-state index is 10.9. The van der Waals surface area contributed by atoms with Crippen LogP contribution in [0, 0.1) is 0 Å². The Morgan fingerprint density at radius 1 is 1.43 bits per heavy atom. The molecule has 0 spiro atoms. The number of carboxylic acids is 1. The minimum Gasteiger partial charge on any atom is -0.475 e. The van der Waals surface area contributed by atoms with Gasteiger partial charge >= 0.3 is 5.97 Å². The Hall–Kier alpha value is -1.16. The molecule has 0 aromatic carbocycles. The Bertz CT molecular complexity index is 371. The number of hydrogen-bond donors (Lipinski definition) is 1. The summed E-state index contributed by atoms with van der Waals surface area (Å²) in [5.74, 6) is -2.05. The minimum absolute atomic E-state index is 0.0486. The molecule has 1 aromatic heterocycles. The van der Waals surface area contributed by atoms with Crippen molar-refractivity contribution < 1.29 is 14.7 Å². The van der Waals surface area contributed by atoms with Gasteiger partial charge in [0.1, 0.15) is 0 Å². The summed E-state index contributed by atoms with van der Waals surface area (Å²) in [4.78, 5) is 23.5. The average Bonchev–Trinajstić information content (AvgIpc) is 2.63. The lowest BCUT2D eigenvalue weighted by Crippen LogP contribution is -2.14. The zero-order valence-corrected chi connectivity index (χ0v) is 8.39. The van der Waals surface area contributed by atoms with E-state index in [0.29, 0.717) is 0 Å². The molecule has 0 radical (unpaired) electrons. The second-order valence-electron chi connectivity index (χ2n) is 3.42. The van der Waals surface area contributed by atoms with Crippen molar-refractivity contribution >= 4 is 23.1 Å². The van der Waals surface area contributed by atoms with Crippen LogP contribution in [0.5, 0.6) is 0 Å². The number of aliphatic carboxylic acids is 1. The molecule has 1 N–H and O–H groups in total. The lowest BCUT2D eigenvalue weighted by Gasteiger charge is -1.91. The van der Waals surface area contributed by atoms with Crippen LogP contribution in [0.1, 0.15) is 21.7 Å². The molecule has 0 saturated carbocycles. The van der Waals surface area contributed by atoms with E-state index in [1.165, 1.54) is 16.9 Å². The van der Waals surface area contributed by atoms with Crippen LogP contribution in [-0.2, 0) is 28.9 Å². The van der Waals surface area contributed by atoms with E-state index in [1.54, 1.807) is 11.3 Å². The van der Waals surface area contributed by atoms with Crippen molar-refractivity contribution in [2.45, 2.75) is 25.7 Å². The third-order valence-electron chi connectivity index (χ3n) is 2.37. The van der Waals surface area contributed by atoms with E-state index in [4.69, 9.17) is 5.11 Å². The molecule has 3 nitrogen and oxygen atoms in total. The summed E-state index contributed by atoms with van der Waals surface area (Å²) in [6.07, 6.45) is 3.40. The van der Waals surface area contributed by atoms with Gasteiger partial charge in [-0.1, -0.05) is 0 Å². The van der Waals surface area contributed by atoms with Crippen LogP contribution in [0.15, 0.2) is 6.07 Å².